The third-order valence-electron chi connectivity index (χ3n) is 5.95. The summed E-state index contributed by atoms with van der Waals surface area (Å²) in [4.78, 5) is 7.31. The fourth-order valence-electron chi connectivity index (χ4n) is 4.43. The number of nitrogens with zero attached hydrogens (tertiary/aromatic N) is 3. The minimum absolute atomic E-state index is 0.111. The highest BCUT2D eigenvalue weighted by Crippen LogP contribution is 2.24. The average Bonchev–Trinajstić information content (AvgIpc) is 3.16. The maximum Gasteiger partial charge on any atom is 0.146 e. The molecule has 1 atom stereocenters. The van der Waals surface area contributed by atoms with Gasteiger partial charge in [-0.3, -0.25) is 9.80 Å². The molecule has 146 valence electrons. The molecule has 1 aromatic carbocycles. The predicted molar refractivity (Wildman–Crippen MR) is 107 cm³/mol. The Morgan fingerprint density at radius 1 is 1.00 bits per heavy atom. The molecule has 4 rings (SSSR count). The van der Waals surface area contributed by atoms with Gasteiger partial charge in [-0.2, -0.15) is 0 Å². The van der Waals surface area contributed by atoms with E-state index in [0.717, 1.165) is 69.4 Å². The van der Waals surface area contributed by atoms with Crippen LogP contribution in [0.15, 0.2) is 40.8 Å². The van der Waals surface area contributed by atoms with E-state index in [-0.39, 0.29) is 5.82 Å². The number of furan rings is 1. The highest BCUT2D eigenvalue weighted by molar-refractivity contribution is 5.48. The monoisotopic (exact) mass is 371 g/mol. The van der Waals surface area contributed by atoms with Gasteiger partial charge < -0.3 is 9.32 Å². The molecule has 1 unspecified atom stereocenters. The summed E-state index contributed by atoms with van der Waals surface area (Å²) in [5, 5.41) is 0. The lowest BCUT2D eigenvalue weighted by Gasteiger charge is -2.43. The number of aryl methyl sites for hydroxylation is 1. The fourth-order valence-corrected chi connectivity index (χ4v) is 4.43. The first-order valence-corrected chi connectivity index (χ1v) is 10.3. The van der Waals surface area contributed by atoms with Crippen molar-refractivity contribution in [2.45, 2.75) is 38.8 Å². The van der Waals surface area contributed by atoms with Crippen molar-refractivity contribution < 1.29 is 8.81 Å². The Morgan fingerprint density at radius 3 is 2.52 bits per heavy atom. The second-order valence-corrected chi connectivity index (χ2v) is 7.73. The summed E-state index contributed by atoms with van der Waals surface area (Å²) in [6.45, 7) is 9.09. The summed E-state index contributed by atoms with van der Waals surface area (Å²) in [6.07, 6.45) is 3.45. The van der Waals surface area contributed by atoms with Crippen molar-refractivity contribution >= 4 is 5.69 Å². The van der Waals surface area contributed by atoms with Crippen molar-refractivity contribution in [3.8, 4) is 0 Å². The number of halogens is 1. The Hall–Kier alpha value is -1.85. The van der Waals surface area contributed by atoms with Crippen LogP contribution in [0, 0.1) is 5.82 Å². The SMILES string of the molecule is CCc1ccc(CN2CCCC(N3CCN(c4ccccc4F)CC3)C2)o1. The summed E-state index contributed by atoms with van der Waals surface area (Å²) in [5.41, 5.74) is 0.743. The third kappa shape index (κ3) is 4.36. The lowest BCUT2D eigenvalue weighted by Crippen LogP contribution is -2.55. The molecule has 5 heteroatoms. The topological polar surface area (TPSA) is 22.9 Å². The summed E-state index contributed by atoms with van der Waals surface area (Å²) < 4.78 is 19.9. The number of benzene rings is 1. The van der Waals surface area contributed by atoms with Crippen LogP contribution >= 0.6 is 0 Å². The van der Waals surface area contributed by atoms with Gasteiger partial charge in [0.25, 0.3) is 0 Å². The normalized spacial score (nSPS) is 22.3. The van der Waals surface area contributed by atoms with Crippen molar-refractivity contribution in [1.29, 1.82) is 0 Å². The summed E-state index contributed by atoms with van der Waals surface area (Å²) in [5.74, 6) is 2.04. The van der Waals surface area contributed by atoms with Gasteiger partial charge in [-0.25, -0.2) is 4.39 Å². The van der Waals surface area contributed by atoms with Crippen LogP contribution in [0.1, 0.15) is 31.3 Å². The molecule has 0 spiro atoms. The number of anilines is 1. The summed E-state index contributed by atoms with van der Waals surface area (Å²) >= 11 is 0. The van der Waals surface area contributed by atoms with Gasteiger partial charge >= 0.3 is 0 Å². The number of hydrogen-bond acceptors (Lipinski definition) is 4. The zero-order valence-electron chi connectivity index (χ0n) is 16.2. The Bertz CT molecular complexity index is 739. The zero-order valence-corrected chi connectivity index (χ0v) is 16.2. The second kappa shape index (κ2) is 8.44. The van der Waals surface area contributed by atoms with Crippen LogP contribution in [-0.4, -0.2) is 55.1 Å². The number of rotatable bonds is 5. The quantitative estimate of drug-likeness (QED) is 0.798. The molecule has 3 heterocycles. The molecule has 4 nitrogen and oxygen atoms in total. The van der Waals surface area contributed by atoms with Crippen molar-refractivity contribution in [1.82, 2.24) is 9.80 Å². The van der Waals surface area contributed by atoms with Crippen LogP contribution in [0.3, 0.4) is 0 Å². The molecule has 1 aromatic heterocycles. The fraction of sp³-hybridized carbons (Fsp3) is 0.545. The standard InChI is InChI=1S/C22H30FN3O/c1-2-19-9-10-20(27-19)17-24-11-5-6-18(16-24)25-12-14-26(15-13-25)22-8-4-3-7-21(22)23/h3-4,7-10,18H,2,5-6,11-17H2,1H3. The van der Waals surface area contributed by atoms with E-state index in [2.05, 4.69) is 33.8 Å². The molecule has 0 bridgehead atoms. The highest BCUT2D eigenvalue weighted by atomic mass is 19.1. The number of piperazine rings is 1. The van der Waals surface area contributed by atoms with Crippen LogP contribution in [0.2, 0.25) is 0 Å². The van der Waals surface area contributed by atoms with Crippen molar-refractivity contribution in [2.24, 2.45) is 0 Å². The first-order valence-electron chi connectivity index (χ1n) is 10.3. The van der Waals surface area contributed by atoms with Gasteiger partial charge in [-0.15, -0.1) is 0 Å². The van der Waals surface area contributed by atoms with Crippen LogP contribution in [0.25, 0.3) is 0 Å². The largest absolute Gasteiger partial charge is 0.465 e. The molecule has 0 aliphatic carbocycles. The molecular formula is C22H30FN3O. The molecule has 2 aliphatic heterocycles. The van der Waals surface area contributed by atoms with Gasteiger partial charge in [0.1, 0.15) is 17.3 Å². The molecule has 0 saturated carbocycles. The predicted octanol–water partition coefficient (Wildman–Crippen LogP) is 3.77. The highest BCUT2D eigenvalue weighted by Gasteiger charge is 2.29. The molecular weight excluding hydrogens is 341 g/mol. The van der Waals surface area contributed by atoms with Crippen LogP contribution in [0.4, 0.5) is 10.1 Å². The van der Waals surface area contributed by atoms with Gasteiger partial charge in [0.2, 0.25) is 0 Å². The first kappa shape index (κ1) is 18.5. The van der Waals surface area contributed by atoms with E-state index in [1.807, 2.05) is 12.1 Å². The van der Waals surface area contributed by atoms with Gasteiger partial charge in [0.05, 0.1) is 12.2 Å². The zero-order chi connectivity index (χ0) is 18.6. The van der Waals surface area contributed by atoms with Crippen molar-refractivity contribution in [3.63, 3.8) is 0 Å². The molecule has 0 N–H and O–H groups in total. The Balaban J connectivity index is 1.31. The van der Waals surface area contributed by atoms with E-state index in [0.29, 0.717) is 6.04 Å². The van der Waals surface area contributed by atoms with E-state index >= 15 is 0 Å². The lowest BCUT2D eigenvalue weighted by atomic mass is 10.0. The van der Waals surface area contributed by atoms with Crippen LogP contribution in [0.5, 0.6) is 0 Å². The molecule has 0 radical (unpaired) electrons. The van der Waals surface area contributed by atoms with Crippen LogP contribution in [-0.2, 0) is 13.0 Å². The summed E-state index contributed by atoms with van der Waals surface area (Å²) in [7, 11) is 0. The van der Waals surface area contributed by atoms with Gasteiger partial charge in [0, 0.05) is 45.2 Å². The molecule has 2 aliphatic rings. The minimum atomic E-state index is -0.111. The minimum Gasteiger partial charge on any atom is -0.465 e. The second-order valence-electron chi connectivity index (χ2n) is 7.73. The van der Waals surface area contributed by atoms with E-state index in [4.69, 9.17) is 4.42 Å². The average molecular weight is 372 g/mol. The third-order valence-corrected chi connectivity index (χ3v) is 5.95. The van der Waals surface area contributed by atoms with E-state index in [9.17, 15) is 4.39 Å². The van der Waals surface area contributed by atoms with Crippen LogP contribution < -0.4 is 4.90 Å². The molecule has 2 saturated heterocycles. The summed E-state index contributed by atoms with van der Waals surface area (Å²) in [6, 6.07) is 11.9. The van der Waals surface area contributed by atoms with E-state index < -0.39 is 0 Å². The van der Waals surface area contributed by atoms with Crippen molar-refractivity contribution in [2.75, 3.05) is 44.2 Å². The number of piperidine rings is 1. The maximum absolute atomic E-state index is 14.0. The Labute approximate surface area is 161 Å². The Kier molecular flexibility index (Phi) is 5.79. The number of hydrogen-bond donors (Lipinski definition) is 0. The number of para-hydroxylation sites is 1. The Morgan fingerprint density at radius 2 is 1.78 bits per heavy atom. The first-order chi connectivity index (χ1) is 13.2. The van der Waals surface area contributed by atoms with Gasteiger partial charge in [-0.05, 0) is 43.7 Å². The molecule has 0 amide bonds. The lowest BCUT2D eigenvalue weighted by molar-refractivity contribution is 0.0846. The van der Waals surface area contributed by atoms with E-state index in [1.54, 1.807) is 12.1 Å². The van der Waals surface area contributed by atoms with Gasteiger partial charge in [0.15, 0.2) is 0 Å². The van der Waals surface area contributed by atoms with E-state index in [1.165, 1.54) is 12.8 Å². The number of likely N-dealkylation sites (tertiary alicyclic amines) is 1. The van der Waals surface area contributed by atoms with Crippen molar-refractivity contribution in [3.05, 3.63) is 53.7 Å². The molecule has 2 aromatic rings. The van der Waals surface area contributed by atoms with Gasteiger partial charge in [-0.1, -0.05) is 19.1 Å². The molecule has 27 heavy (non-hydrogen) atoms. The molecule has 2 fully saturated rings. The maximum atomic E-state index is 14.0. The smallest absolute Gasteiger partial charge is 0.146 e.